The molecule has 0 amide bonds. The molecule has 2 fully saturated rings. The SMILES string of the molecule is C=C(Nc1cc(-c2ccc(C#N)cc2C(=C)N2CC(C)(F)C2)cc(C2CC2)n1)C1=CC(CNCCOCCCC)=CN(C(C)C)C1=C. The van der Waals surface area contributed by atoms with Crippen molar-refractivity contribution >= 4 is 11.5 Å². The Balaban J connectivity index is 1.39. The summed E-state index contributed by atoms with van der Waals surface area (Å²) in [5, 5.41) is 16.7. The molecular formula is C39H49FN6O. The van der Waals surface area contributed by atoms with E-state index in [1.54, 1.807) is 6.92 Å². The van der Waals surface area contributed by atoms with Crippen LogP contribution in [0, 0.1) is 11.3 Å². The number of unbranched alkanes of at least 4 members (excludes halogenated alkanes) is 1. The molecule has 2 N–H and O–H groups in total. The third-order valence-corrected chi connectivity index (χ3v) is 8.85. The van der Waals surface area contributed by atoms with Gasteiger partial charge in [-0.1, -0.05) is 39.1 Å². The van der Waals surface area contributed by atoms with Crippen LogP contribution in [0.4, 0.5) is 10.2 Å². The predicted molar refractivity (Wildman–Crippen MR) is 190 cm³/mol. The lowest BCUT2D eigenvalue weighted by Gasteiger charge is -2.45. The van der Waals surface area contributed by atoms with E-state index in [0.717, 1.165) is 78.1 Å². The first-order valence-corrected chi connectivity index (χ1v) is 16.8. The zero-order valence-electron chi connectivity index (χ0n) is 28.5. The number of hydrogen-bond donors (Lipinski definition) is 2. The molecule has 5 rings (SSSR count). The molecule has 0 spiro atoms. The number of nitriles is 1. The lowest BCUT2D eigenvalue weighted by Crippen LogP contribution is -2.55. The lowest BCUT2D eigenvalue weighted by atomic mass is 9.91. The molecular weight excluding hydrogens is 587 g/mol. The van der Waals surface area contributed by atoms with Crippen LogP contribution < -0.4 is 10.6 Å². The van der Waals surface area contributed by atoms with Gasteiger partial charge in [-0.15, -0.1) is 0 Å². The zero-order chi connectivity index (χ0) is 33.7. The molecule has 2 aliphatic heterocycles. The molecule has 0 atom stereocenters. The summed E-state index contributed by atoms with van der Waals surface area (Å²) in [7, 11) is 0. The maximum Gasteiger partial charge on any atom is 0.142 e. The summed E-state index contributed by atoms with van der Waals surface area (Å²) in [6, 6.07) is 12.3. The Morgan fingerprint density at radius 3 is 2.62 bits per heavy atom. The van der Waals surface area contributed by atoms with Crippen LogP contribution >= 0.6 is 0 Å². The number of likely N-dealkylation sites (tertiary alicyclic amines) is 1. The standard InChI is InChI=1S/C39H49FN6O/c1-8-9-15-47-16-14-42-22-31-18-35(29(6)46(23-31)26(2)3)27(4)43-38-20-33(19-37(44-38)32-11-12-32)34-13-10-30(21-41)17-36(34)28(5)45-24-39(7,40)25-45/h10,13,17-20,23,26,32,42H,4-6,8-9,11-12,14-16,22,24-25H2,1-3,7H3,(H,43,44). The first kappa shape index (κ1) is 34.2. The number of aromatic nitrogens is 1. The van der Waals surface area contributed by atoms with Gasteiger partial charge in [0, 0.05) is 71.8 Å². The van der Waals surface area contributed by atoms with E-state index in [9.17, 15) is 9.65 Å². The number of rotatable bonds is 16. The number of nitrogens with one attached hydrogen (secondary N) is 2. The van der Waals surface area contributed by atoms with Gasteiger partial charge < -0.3 is 25.2 Å². The van der Waals surface area contributed by atoms with Crippen molar-refractivity contribution < 1.29 is 9.13 Å². The first-order valence-electron chi connectivity index (χ1n) is 16.8. The minimum atomic E-state index is -1.24. The van der Waals surface area contributed by atoms with Crippen molar-refractivity contribution in [1.29, 1.82) is 5.26 Å². The summed E-state index contributed by atoms with van der Waals surface area (Å²) in [6.45, 7) is 24.8. The minimum Gasteiger partial charge on any atom is -0.380 e. The van der Waals surface area contributed by atoms with Crippen LogP contribution in [-0.2, 0) is 4.74 Å². The molecule has 0 radical (unpaired) electrons. The maximum absolute atomic E-state index is 14.4. The second-order valence-electron chi connectivity index (χ2n) is 13.5. The predicted octanol–water partition coefficient (Wildman–Crippen LogP) is 7.89. The third-order valence-electron chi connectivity index (χ3n) is 8.85. The van der Waals surface area contributed by atoms with Gasteiger partial charge >= 0.3 is 0 Å². The van der Waals surface area contributed by atoms with Gasteiger partial charge in [0.05, 0.1) is 31.3 Å². The van der Waals surface area contributed by atoms with Crippen LogP contribution in [0.5, 0.6) is 0 Å². The van der Waals surface area contributed by atoms with E-state index in [1.807, 2.05) is 29.2 Å². The van der Waals surface area contributed by atoms with Crippen LogP contribution in [0.3, 0.4) is 0 Å². The van der Waals surface area contributed by atoms with Gasteiger partial charge in [-0.2, -0.15) is 5.26 Å². The van der Waals surface area contributed by atoms with Gasteiger partial charge in [0.15, 0.2) is 0 Å². The summed E-state index contributed by atoms with van der Waals surface area (Å²) in [5.41, 5.74) is 7.41. The molecule has 7 nitrogen and oxygen atoms in total. The van der Waals surface area contributed by atoms with Gasteiger partial charge in [-0.25, -0.2) is 9.37 Å². The summed E-state index contributed by atoms with van der Waals surface area (Å²) >= 11 is 0. The lowest BCUT2D eigenvalue weighted by molar-refractivity contribution is 0.0236. The second kappa shape index (κ2) is 14.7. The van der Waals surface area contributed by atoms with Crippen LogP contribution in [0.15, 0.2) is 84.9 Å². The number of hydrogen-bond acceptors (Lipinski definition) is 7. The highest BCUT2D eigenvalue weighted by Crippen LogP contribution is 2.43. The van der Waals surface area contributed by atoms with Crippen LogP contribution in [-0.4, -0.2) is 65.9 Å². The highest BCUT2D eigenvalue weighted by atomic mass is 19.1. The topological polar surface area (TPSA) is 76.5 Å². The Labute approximate surface area is 280 Å². The fourth-order valence-electron chi connectivity index (χ4n) is 6.04. The third kappa shape index (κ3) is 8.40. The number of ether oxygens (including phenoxy) is 1. The van der Waals surface area contributed by atoms with E-state index in [4.69, 9.17) is 9.72 Å². The number of nitrogens with zero attached hydrogens (tertiary/aromatic N) is 4. The van der Waals surface area contributed by atoms with Gasteiger partial charge in [0.1, 0.15) is 11.5 Å². The van der Waals surface area contributed by atoms with Gasteiger partial charge in [-0.3, -0.25) is 0 Å². The van der Waals surface area contributed by atoms with E-state index in [-0.39, 0.29) is 19.1 Å². The van der Waals surface area contributed by atoms with Crippen molar-refractivity contribution in [2.75, 3.05) is 44.7 Å². The molecule has 47 heavy (non-hydrogen) atoms. The van der Waals surface area contributed by atoms with E-state index in [0.29, 0.717) is 41.8 Å². The van der Waals surface area contributed by atoms with E-state index in [1.165, 1.54) is 0 Å². The van der Waals surface area contributed by atoms with Crippen LogP contribution in [0.25, 0.3) is 16.8 Å². The molecule has 248 valence electrons. The molecule has 3 aliphatic rings. The number of benzene rings is 1. The average Bonchev–Trinajstić information content (AvgIpc) is 3.89. The van der Waals surface area contributed by atoms with Crippen molar-refractivity contribution in [3.8, 4) is 17.2 Å². The molecule has 3 heterocycles. The fourth-order valence-corrected chi connectivity index (χ4v) is 6.04. The fraction of sp³-hybridized carbons (Fsp3) is 0.436. The molecule has 1 saturated carbocycles. The number of halogens is 1. The highest BCUT2D eigenvalue weighted by Gasteiger charge is 2.40. The van der Waals surface area contributed by atoms with Gasteiger partial charge in [0.2, 0.25) is 0 Å². The van der Waals surface area contributed by atoms with E-state index in [2.05, 4.69) is 80.5 Å². The van der Waals surface area contributed by atoms with Crippen LogP contribution in [0.1, 0.15) is 76.1 Å². The minimum absolute atomic E-state index is 0.221. The Hall–Kier alpha value is -4.19. The molecule has 0 unspecified atom stereocenters. The Morgan fingerprint density at radius 1 is 1.19 bits per heavy atom. The molecule has 1 aromatic carbocycles. The summed E-state index contributed by atoms with van der Waals surface area (Å²) in [5.74, 6) is 1.10. The quantitative estimate of drug-likeness (QED) is 0.182. The molecule has 1 aromatic heterocycles. The van der Waals surface area contributed by atoms with Crippen molar-refractivity contribution in [3.63, 3.8) is 0 Å². The highest BCUT2D eigenvalue weighted by molar-refractivity contribution is 5.82. The Morgan fingerprint density at radius 2 is 1.96 bits per heavy atom. The Bertz CT molecular complexity index is 1620. The summed E-state index contributed by atoms with van der Waals surface area (Å²) in [4.78, 5) is 9.14. The number of pyridine rings is 1. The average molecular weight is 637 g/mol. The van der Waals surface area contributed by atoms with E-state index < -0.39 is 5.67 Å². The molecule has 2 aromatic rings. The number of anilines is 1. The van der Waals surface area contributed by atoms with Crippen molar-refractivity contribution in [2.24, 2.45) is 0 Å². The first-order chi connectivity index (χ1) is 22.5. The molecule has 8 heteroatoms. The molecule has 0 bridgehead atoms. The van der Waals surface area contributed by atoms with Gasteiger partial charge in [-0.05, 0) is 87.1 Å². The normalized spacial score (nSPS) is 17.2. The second-order valence-corrected chi connectivity index (χ2v) is 13.5. The van der Waals surface area contributed by atoms with Crippen molar-refractivity contribution in [2.45, 2.75) is 71.0 Å². The molecule has 1 aliphatic carbocycles. The molecule has 1 saturated heterocycles. The zero-order valence-corrected chi connectivity index (χ0v) is 28.5. The van der Waals surface area contributed by atoms with Crippen LogP contribution in [0.2, 0.25) is 0 Å². The summed E-state index contributed by atoms with van der Waals surface area (Å²) in [6.07, 6.45) is 8.71. The van der Waals surface area contributed by atoms with Crippen molar-refractivity contribution in [3.05, 3.63) is 102 Å². The van der Waals surface area contributed by atoms with E-state index >= 15 is 0 Å². The summed E-state index contributed by atoms with van der Waals surface area (Å²) < 4.78 is 20.1. The number of alkyl halides is 1. The monoisotopic (exact) mass is 636 g/mol. The maximum atomic E-state index is 14.4. The van der Waals surface area contributed by atoms with Crippen molar-refractivity contribution in [1.82, 2.24) is 20.1 Å². The van der Waals surface area contributed by atoms with Gasteiger partial charge in [0.25, 0.3) is 0 Å². The Kier molecular flexibility index (Phi) is 10.7. The smallest absolute Gasteiger partial charge is 0.142 e. The largest absolute Gasteiger partial charge is 0.380 e.